The molecule has 0 atom stereocenters. The van der Waals surface area contributed by atoms with Crippen molar-refractivity contribution in [2.75, 3.05) is 0 Å². The lowest BCUT2D eigenvalue weighted by atomic mass is 9.95. The van der Waals surface area contributed by atoms with Gasteiger partial charge in [0.1, 0.15) is 28.0 Å². The Labute approximate surface area is 325 Å². The predicted molar refractivity (Wildman–Crippen MR) is 233 cm³/mol. The minimum absolute atomic E-state index is 0.668. The first-order valence-corrected chi connectivity index (χ1v) is 19.2. The molecule has 0 unspecified atom stereocenters. The van der Waals surface area contributed by atoms with Gasteiger partial charge in [-0.2, -0.15) is 0 Å². The van der Waals surface area contributed by atoms with E-state index in [4.69, 9.17) is 18.8 Å². The van der Waals surface area contributed by atoms with E-state index >= 15 is 0 Å². The molecule has 0 radical (unpaired) electrons. The summed E-state index contributed by atoms with van der Waals surface area (Å²) < 4.78 is 15.7. The summed E-state index contributed by atoms with van der Waals surface area (Å²) >= 11 is 0. The topological polar surface area (TPSA) is 57.0 Å². The maximum atomic E-state index is 6.72. The highest BCUT2D eigenvalue weighted by atomic mass is 16.3. The predicted octanol–water partition coefficient (Wildman–Crippen LogP) is 14.1. The Balaban J connectivity index is 1.02. The standard InChI is InChI=1S/C52H29N3O2/c1-3-12-30(13-4-1)49-51-50(54-52(53-49)31-14-5-2-6-15-31)39-26-24-32(28-45(39)57-51)34-18-11-23-44-46(34)40-29-33(25-27-43(40)56-44)55-41-21-9-19-37-35-16-7-8-17-36(35)38-20-10-22-42(55)48(38)47(37)41/h1-29H. The van der Waals surface area contributed by atoms with E-state index in [1.165, 1.54) is 43.4 Å². The van der Waals surface area contributed by atoms with Crippen LogP contribution in [-0.4, -0.2) is 14.5 Å². The largest absolute Gasteiger partial charge is 0.456 e. The highest BCUT2D eigenvalue weighted by Crippen LogP contribution is 2.45. The lowest BCUT2D eigenvalue weighted by molar-refractivity contribution is 0.667. The van der Waals surface area contributed by atoms with Gasteiger partial charge in [0, 0.05) is 43.7 Å². The fourth-order valence-corrected chi connectivity index (χ4v) is 9.30. The van der Waals surface area contributed by atoms with Gasteiger partial charge in [0.15, 0.2) is 11.4 Å². The SMILES string of the molecule is c1ccc(-c2nc(-c3ccccc3)c3oc4cc(-c5cccc6oc7ccc(-n8c9cccc%10c%11ccccc%11c%11cccc8c%11c%109)cc7c56)ccc4c3n2)cc1. The zero-order valence-corrected chi connectivity index (χ0v) is 30.4. The van der Waals surface area contributed by atoms with Gasteiger partial charge in [-0.05, 0) is 81.2 Å². The fraction of sp³-hybridized carbons (Fsp3) is 0. The van der Waals surface area contributed by atoms with Gasteiger partial charge in [0.25, 0.3) is 0 Å². The molecule has 4 aromatic heterocycles. The third-order valence-corrected chi connectivity index (χ3v) is 11.8. The average Bonchev–Trinajstić information content (AvgIpc) is 3.95. The molecular formula is C52H29N3O2. The molecule has 0 aliphatic rings. The van der Waals surface area contributed by atoms with Gasteiger partial charge in [-0.3, -0.25) is 0 Å². The lowest BCUT2D eigenvalue weighted by Gasteiger charge is -2.09. The van der Waals surface area contributed by atoms with E-state index in [1.54, 1.807) is 0 Å². The first-order valence-electron chi connectivity index (χ1n) is 19.2. The second-order valence-corrected chi connectivity index (χ2v) is 14.9. The highest BCUT2D eigenvalue weighted by molar-refractivity contribution is 6.34. The molecule has 5 nitrogen and oxygen atoms in total. The third kappa shape index (κ3) is 4.28. The summed E-state index contributed by atoms with van der Waals surface area (Å²) in [5, 5.41) is 10.8. The van der Waals surface area contributed by atoms with Gasteiger partial charge in [-0.25, -0.2) is 9.97 Å². The summed E-state index contributed by atoms with van der Waals surface area (Å²) in [7, 11) is 0. The van der Waals surface area contributed by atoms with Crippen molar-refractivity contribution in [1.82, 2.24) is 14.5 Å². The minimum Gasteiger partial charge on any atom is -0.456 e. The molecule has 0 aliphatic carbocycles. The van der Waals surface area contributed by atoms with Crippen molar-refractivity contribution < 1.29 is 8.83 Å². The van der Waals surface area contributed by atoms with E-state index in [9.17, 15) is 0 Å². The number of rotatable bonds is 4. The molecule has 5 heteroatoms. The Bertz CT molecular complexity index is 3660. The van der Waals surface area contributed by atoms with Crippen LogP contribution in [-0.2, 0) is 0 Å². The average molecular weight is 728 g/mol. The summed E-state index contributed by atoms with van der Waals surface area (Å²) in [5.41, 5.74) is 12.2. The fourth-order valence-electron chi connectivity index (χ4n) is 9.30. The molecule has 0 fully saturated rings. The van der Waals surface area contributed by atoms with E-state index in [0.717, 1.165) is 72.1 Å². The van der Waals surface area contributed by atoms with Crippen molar-refractivity contribution in [2.24, 2.45) is 0 Å². The van der Waals surface area contributed by atoms with Crippen molar-refractivity contribution in [2.45, 2.75) is 0 Å². The lowest BCUT2D eigenvalue weighted by Crippen LogP contribution is -1.93. The van der Waals surface area contributed by atoms with E-state index < -0.39 is 0 Å². The minimum atomic E-state index is 0.668. The van der Waals surface area contributed by atoms with E-state index in [0.29, 0.717) is 11.4 Å². The van der Waals surface area contributed by atoms with Crippen molar-refractivity contribution in [3.63, 3.8) is 0 Å². The van der Waals surface area contributed by atoms with Gasteiger partial charge in [-0.15, -0.1) is 0 Å². The molecule has 0 bridgehead atoms. The molecule has 0 N–H and O–H groups in total. The Morgan fingerprint density at radius 3 is 1.79 bits per heavy atom. The maximum Gasteiger partial charge on any atom is 0.180 e. The Morgan fingerprint density at radius 1 is 0.386 bits per heavy atom. The van der Waals surface area contributed by atoms with Crippen LogP contribution in [0.25, 0.3) is 127 Å². The molecule has 4 heterocycles. The van der Waals surface area contributed by atoms with Crippen molar-refractivity contribution >= 4 is 87.4 Å². The summed E-state index contributed by atoms with van der Waals surface area (Å²) in [4.78, 5) is 10.1. The normalized spacial score (nSPS) is 12.2. The molecule has 264 valence electrons. The van der Waals surface area contributed by atoms with Crippen LogP contribution in [0.15, 0.2) is 185 Å². The molecule has 0 saturated heterocycles. The van der Waals surface area contributed by atoms with Gasteiger partial charge in [-0.1, -0.05) is 127 Å². The molecule has 0 amide bonds. The highest BCUT2D eigenvalue weighted by Gasteiger charge is 2.22. The van der Waals surface area contributed by atoms with E-state index in [2.05, 4.69) is 132 Å². The Kier molecular flexibility index (Phi) is 6.10. The first-order chi connectivity index (χ1) is 28.3. The van der Waals surface area contributed by atoms with Gasteiger partial charge >= 0.3 is 0 Å². The number of fused-ring (bicyclic) bond motifs is 9. The Hall–Kier alpha value is -7.76. The van der Waals surface area contributed by atoms with Crippen LogP contribution in [0, 0.1) is 0 Å². The summed E-state index contributed by atoms with van der Waals surface area (Å²) in [6.45, 7) is 0. The molecule has 0 spiro atoms. The molecular weight excluding hydrogens is 699 g/mol. The maximum absolute atomic E-state index is 6.72. The smallest absolute Gasteiger partial charge is 0.180 e. The van der Waals surface area contributed by atoms with E-state index in [-0.39, 0.29) is 0 Å². The molecule has 13 aromatic rings. The van der Waals surface area contributed by atoms with Crippen LogP contribution in [0.2, 0.25) is 0 Å². The van der Waals surface area contributed by atoms with Gasteiger partial charge in [0.05, 0.1) is 11.0 Å². The van der Waals surface area contributed by atoms with Crippen LogP contribution in [0.1, 0.15) is 0 Å². The number of furan rings is 2. The van der Waals surface area contributed by atoms with E-state index in [1.807, 2.05) is 48.5 Å². The van der Waals surface area contributed by atoms with Crippen LogP contribution in [0.4, 0.5) is 0 Å². The van der Waals surface area contributed by atoms with Crippen molar-refractivity contribution in [3.05, 3.63) is 176 Å². The van der Waals surface area contributed by atoms with Gasteiger partial charge < -0.3 is 13.4 Å². The zero-order valence-electron chi connectivity index (χ0n) is 30.4. The molecule has 57 heavy (non-hydrogen) atoms. The van der Waals surface area contributed by atoms with Crippen molar-refractivity contribution in [1.29, 1.82) is 0 Å². The van der Waals surface area contributed by atoms with Crippen LogP contribution >= 0.6 is 0 Å². The number of hydrogen-bond acceptors (Lipinski definition) is 4. The van der Waals surface area contributed by atoms with Crippen molar-refractivity contribution in [3.8, 4) is 39.5 Å². The van der Waals surface area contributed by atoms with Gasteiger partial charge in [0.2, 0.25) is 0 Å². The van der Waals surface area contributed by atoms with Crippen LogP contribution in [0.5, 0.6) is 0 Å². The molecule has 9 aromatic carbocycles. The number of aromatic nitrogens is 3. The Morgan fingerprint density at radius 2 is 1.05 bits per heavy atom. The zero-order chi connectivity index (χ0) is 37.2. The molecule has 0 saturated carbocycles. The second kappa shape index (κ2) is 11.4. The third-order valence-electron chi connectivity index (χ3n) is 11.8. The number of benzene rings is 9. The van der Waals surface area contributed by atoms with Crippen LogP contribution in [0.3, 0.4) is 0 Å². The number of hydrogen-bond donors (Lipinski definition) is 0. The molecule has 0 aliphatic heterocycles. The second-order valence-electron chi connectivity index (χ2n) is 14.9. The quantitative estimate of drug-likeness (QED) is 0.169. The number of nitrogens with zero attached hydrogens (tertiary/aromatic N) is 3. The first kappa shape index (κ1) is 30.6. The molecule has 13 rings (SSSR count). The summed E-state index contributed by atoms with van der Waals surface area (Å²) in [6.07, 6.45) is 0. The summed E-state index contributed by atoms with van der Waals surface area (Å²) in [5.74, 6) is 0.668. The van der Waals surface area contributed by atoms with Crippen LogP contribution < -0.4 is 0 Å². The summed E-state index contributed by atoms with van der Waals surface area (Å²) in [6, 6.07) is 61.8. The monoisotopic (exact) mass is 727 g/mol.